The van der Waals surface area contributed by atoms with E-state index in [-0.39, 0.29) is 16.4 Å². The number of amides is 2. The lowest BCUT2D eigenvalue weighted by atomic mass is 9.88. The van der Waals surface area contributed by atoms with Crippen molar-refractivity contribution in [3.05, 3.63) is 16.8 Å². The summed E-state index contributed by atoms with van der Waals surface area (Å²) < 4.78 is 0. The van der Waals surface area contributed by atoms with Crippen LogP contribution >= 0.6 is 11.6 Å². The highest BCUT2D eigenvalue weighted by atomic mass is 35.5. The number of rotatable bonds is 1. The monoisotopic (exact) mass is 300 g/mol. The van der Waals surface area contributed by atoms with Gasteiger partial charge >= 0.3 is 6.03 Å². The van der Waals surface area contributed by atoms with Crippen molar-refractivity contribution in [2.45, 2.75) is 38.6 Å². The fourth-order valence-corrected chi connectivity index (χ4v) is 2.35. The van der Waals surface area contributed by atoms with Gasteiger partial charge in [-0.25, -0.2) is 9.69 Å². The Balaban J connectivity index is 2.47. The highest BCUT2D eigenvalue weighted by Crippen LogP contribution is 2.32. The third-order valence-electron chi connectivity index (χ3n) is 3.23. The van der Waals surface area contributed by atoms with Crippen LogP contribution in [0.1, 0.15) is 26.3 Å². The maximum Gasteiger partial charge on any atom is 0.329 e. The quantitative estimate of drug-likeness (QED) is 0.805. The Kier molecular flexibility index (Phi) is 3.62. The summed E-state index contributed by atoms with van der Waals surface area (Å²) in [5, 5.41) is 27.5. The van der Waals surface area contributed by atoms with E-state index in [2.05, 4.69) is 10.2 Å². The van der Waals surface area contributed by atoms with E-state index < -0.39 is 18.5 Å². The predicted molar refractivity (Wildman–Crippen MR) is 73.4 cm³/mol. The summed E-state index contributed by atoms with van der Waals surface area (Å²) in [7, 11) is 1.39. The van der Waals surface area contributed by atoms with Crippen LogP contribution in [0.2, 0.25) is 5.15 Å². The zero-order valence-electron chi connectivity index (χ0n) is 11.7. The Morgan fingerprint density at radius 3 is 2.30 bits per heavy atom. The van der Waals surface area contributed by atoms with Crippen LogP contribution in [0.25, 0.3) is 0 Å². The highest BCUT2D eigenvalue weighted by molar-refractivity contribution is 6.30. The number of aliphatic hydroxyl groups is 2. The van der Waals surface area contributed by atoms with E-state index in [0.29, 0.717) is 5.56 Å². The van der Waals surface area contributed by atoms with Gasteiger partial charge in [0, 0.05) is 12.6 Å². The normalized spacial score (nSPS) is 23.6. The third kappa shape index (κ3) is 2.32. The van der Waals surface area contributed by atoms with Gasteiger partial charge in [0.25, 0.3) is 0 Å². The van der Waals surface area contributed by atoms with Gasteiger partial charge in [-0.3, -0.25) is 4.90 Å². The molecule has 2 unspecified atom stereocenters. The van der Waals surface area contributed by atoms with Crippen molar-refractivity contribution in [2.75, 3.05) is 11.9 Å². The number of nitrogens with zero attached hydrogens (tertiary/aromatic N) is 4. The van der Waals surface area contributed by atoms with Gasteiger partial charge in [0.2, 0.25) is 0 Å². The number of halogens is 1. The number of carbonyl (C=O) groups excluding carboxylic acids is 1. The minimum atomic E-state index is -1.39. The Morgan fingerprint density at radius 1 is 1.25 bits per heavy atom. The molecule has 2 N–H and O–H groups in total. The van der Waals surface area contributed by atoms with Gasteiger partial charge < -0.3 is 10.2 Å². The van der Waals surface area contributed by atoms with Gasteiger partial charge in [-0.15, -0.1) is 10.2 Å². The molecular weight excluding hydrogens is 284 g/mol. The largest absolute Gasteiger partial charge is 0.369 e. The summed E-state index contributed by atoms with van der Waals surface area (Å²) in [6.07, 6.45) is -2.70. The van der Waals surface area contributed by atoms with E-state index in [1.807, 2.05) is 20.8 Å². The van der Waals surface area contributed by atoms with Crippen LogP contribution in [-0.4, -0.2) is 50.8 Å². The standard InChI is InChI=1S/C12H17ClN4O3/c1-12(2,3)6-5-7(14-15-8(6)13)17-10(19)9(18)16(4)11(17)20/h5,9-10,18-19H,1-4H3. The van der Waals surface area contributed by atoms with E-state index in [9.17, 15) is 15.0 Å². The number of aliphatic hydroxyl groups excluding tert-OH is 2. The van der Waals surface area contributed by atoms with Crippen molar-refractivity contribution in [1.29, 1.82) is 0 Å². The lowest BCUT2D eigenvalue weighted by Gasteiger charge is -2.23. The van der Waals surface area contributed by atoms with Crippen LogP contribution in [0.15, 0.2) is 6.07 Å². The number of anilines is 1. The summed E-state index contributed by atoms with van der Waals surface area (Å²) in [5.41, 5.74) is 0.410. The van der Waals surface area contributed by atoms with Crippen LogP contribution < -0.4 is 4.90 Å². The molecule has 0 spiro atoms. The van der Waals surface area contributed by atoms with E-state index in [1.54, 1.807) is 6.07 Å². The molecule has 1 aliphatic heterocycles. The molecule has 7 nitrogen and oxygen atoms in total. The van der Waals surface area contributed by atoms with E-state index >= 15 is 0 Å². The fraction of sp³-hybridized carbons (Fsp3) is 0.583. The van der Waals surface area contributed by atoms with Crippen molar-refractivity contribution in [1.82, 2.24) is 15.1 Å². The van der Waals surface area contributed by atoms with Crippen LogP contribution in [-0.2, 0) is 5.41 Å². The zero-order chi connectivity index (χ0) is 15.2. The minimum Gasteiger partial charge on any atom is -0.369 e. The van der Waals surface area contributed by atoms with Crippen LogP contribution in [0, 0.1) is 0 Å². The summed E-state index contributed by atoms with van der Waals surface area (Å²) in [4.78, 5) is 14.0. The van der Waals surface area contributed by atoms with E-state index in [1.165, 1.54) is 7.05 Å². The van der Waals surface area contributed by atoms with Crippen molar-refractivity contribution < 1.29 is 15.0 Å². The van der Waals surface area contributed by atoms with Crippen molar-refractivity contribution in [2.24, 2.45) is 0 Å². The lowest BCUT2D eigenvalue weighted by molar-refractivity contribution is -0.0184. The second-order valence-electron chi connectivity index (χ2n) is 5.75. The molecule has 0 bridgehead atoms. The molecule has 20 heavy (non-hydrogen) atoms. The van der Waals surface area contributed by atoms with Gasteiger partial charge in [0.15, 0.2) is 23.4 Å². The summed E-state index contributed by atoms with van der Waals surface area (Å²) in [5.74, 6) is 0.153. The molecule has 1 aromatic rings. The molecular formula is C12H17ClN4O3. The smallest absolute Gasteiger partial charge is 0.329 e. The molecule has 1 aliphatic rings. The molecule has 2 heterocycles. The van der Waals surface area contributed by atoms with Gasteiger partial charge in [-0.2, -0.15) is 0 Å². The summed E-state index contributed by atoms with van der Waals surface area (Å²) in [6.45, 7) is 5.84. The number of hydrogen-bond acceptors (Lipinski definition) is 5. The molecule has 2 rings (SSSR count). The Bertz CT molecular complexity index is 546. The average Bonchev–Trinajstić information content (AvgIpc) is 2.54. The maximum absolute atomic E-state index is 12.0. The Morgan fingerprint density at radius 2 is 1.85 bits per heavy atom. The number of likely N-dealkylation sites (N-methyl/N-ethyl adjacent to an activating group) is 1. The SMILES string of the molecule is CN1C(=O)N(c2cc(C(C)(C)C)c(Cl)nn2)C(O)C1O. The first-order valence-electron chi connectivity index (χ1n) is 6.10. The van der Waals surface area contributed by atoms with Crippen LogP contribution in [0.3, 0.4) is 0 Å². The van der Waals surface area contributed by atoms with Gasteiger partial charge in [0.05, 0.1) is 0 Å². The summed E-state index contributed by atoms with van der Waals surface area (Å²) >= 11 is 6.02. The Hall–Kier alpha value is -1.44. The number of urea groups is 1. The molecule has 0 radical (unpaired) electrons. The second-order valence-corrected chi connectivity index (χ2v) is 6.11. The molecule has 0 aromatic carbocycles. The first kappa shape index (κ1) is 15.0. The van der Waals surface area contributed by atoms with Gasteiger partial charge in [-0.1, -0.05) is 32.4 Å². The molecule has 110 valence electrons. The fourth-order valence-electron chi connectivity index (χ4n) is 1.97. The van der Waals surface area contributed by atoms with E-state index in [4.69, 9.17) is 11.6 Å². The molecule has 2 amide bonds. The molecule has 2 atom stereocenters. The van der Waals surface area contributed by atoms with Crippen molar-refractivity contribution in [3.63, 3.8) is 0 Å². The first-order valence-corrected chi connectivity index (χ1v) is 6.48. The Labute approximate surface area is 121 Å². The van der Waals surface area contributed by atoms with Crippen molar-refractivity contribution in [3.8, 4) is 0 Å². The molecule has 8 heteroatoms. The topological polar surface area (TPSA) is 89.8 Å². The number of carbonyl (C=O) groups is 1. The van der Waals surface area contributed by atoms with E-state index in [0.717, 1.165) is 9.80 Å². The zero-order valence-corrected chi connectivity index (χ0v) is 12.5. The van der Waals surface area contributed by atoms with Crippen LogP contribution in [0.5, 0.6) is 0 Å². The average molecular weight is 301 g/mol. The van der Waals surface area contributed by atoms with Crippen LogP contribution in [0.4, 0.5) is 10.6 Å². The van der Waals surface area contributed by atoms with Gasteiger partial charge in [-0.05, 0) is 11.5 Å². The number of aromatic nitrogens is 2. The minimum absolute atomic E-state index is 0.153. The predicted octanol–water partition coefficient (Wildman–Crippen LogP) is 0.936. The molecule has 1 fully saturated rings. The lowest BCUT2D eigenvalue weighted by Crippen LogP contribution is -2.37. The summed E-state index contributed by atoms with van der Waals surface area (Å²) in [6, 6.07) is 1.05. The first-order chi connectivity index (χ1) is 9.14. The van der Waals surface area contributed by atoms with Crippen molar-refractivity contribution >= 4 is 23.4 Å². The third-order valence-corrected chi connectivity index (χ3v) is 3.51. The second kappa shape index (κ2) is 4.83. The molecule has 0 saturated carbocycles. The molecule has 1 saturated heterocycles. The highest BCUT2D eigenvalue weighted by Gasteiger charge is 2.44. The maximum atomic E-state index is 12.0. The molecule has 0 aliphatic carbocycles. The molecule has 1 aromatic heterocycles. The number of hydrogen-bond donors (Lipinski definition) is 2. The van der Waals surface area contributed by atoms with Gasteiger partial charge in [0.1, 0.15) is 0 Å².